The fourth-order valence-electron chi connectivity index (χ4n) is 11.2. The van der Waals surface area contributed by atoms with Crippen molar-refractivity contribution < 1.29 is 60.4 Å². The Balaban J connectivity index is 0.000000142. The fraction of sp³-hybridized carbons (Fsp3) is 0. The van der Waals surface area contributed by atoms with Crippen molar-refractivity contribution >= 4 is 129 Å². The normalized spacial score (nSPS) is 10.7. The Morgan fingerprint density at radius 1 is 0.269 bits per heavy atom. The Kier molecular flexibility index (Phi) is 22.7. The van der Waals surface area contributed by atoms with Gasteiger partial charge in [0.1, 0.15) is 47.3 Å². The van der Waals surface area contributed by atoms with Crippen LogP contribution in [0.15, 0.2) is 184 Å². The second-order valence-corrected chi connectivity index (χ2v) is 24.7. The van der Waals surface area contributed by atoms with Gasteiger partial charge in [-0.2, -0.15) is 21.0 Å². The van der Waals surface area contributed by atoms with Crippen LogP contribution >= 0.6 is 40.4 Å². The van der Waals surface area contributed by atoms with Crippen molar-refractivity contribution in [3.8, 4) is 116 Å². The molecule has 4 aliphatic rings. The molecular formula is C70H30Cl4Cu4N30. The Morgan fingerprint density at radius 3 is 1.06 bits per heavy atom. The molecule has 0 amide bonds. The second kappa shape index (κ2) is 33.3. The summed E-state index contributed by atoms with van der Waals surface area (Å²) in [6.07, 6.45) is 24.8. The number of nitriles is 4. The molecule has 0 fully saturated rings. The van der Waals surface area contributed by atoms with Gasteiger partial charge in [0, 0.05) is 193 Å². The van der Waals surface area contributed by atoms with Crippen LogP contribution in [0.3, 0.4) is 0 Å². The molecule has 108 heavy (non-hydrogen) atoms. The molecule has 38 heteroatoms. The van der Waals surface area contributed by atoms with Gasteiger partial charge in [-0.05, 0) is 89.6 Å². The van der Waals surface area contributed by atoms with E-state index in [-0.39, 0.29) is 39.8 Å². The number of fused-ring (bicyclic) bond motifs is 40. The molecule has 0 saturated heterocycles. The van der Waals surface area contributed by atoms with Crippen LogP contribution in [0.2, 0.25) is 0 Å². The van der Waals surface area contributed by atoms with Crippen molar-refractivity contribution in [2.45, 2.75) is 0 Å². The zero-order valence-corrected chi connectivity index (χ0v) is 60.2. The molecule has 20 rings (SSSR count). The minimum atomic E-state index is 0. The van der Waals surface area contributed by atoms with Gasteiger partial charge in [-0.15, -0.1) is 0 Å². The van der Waals surface area contributed by atoms with E-state index in [1.165, 1.54) is 24.7 Å². The van der Waals surface area contributed by atoms with E-state index in [4.69, 9.17) is 101 Å². The average Bonchev–Trinajstić information content (AvgIpc) is 1.61. The molecular weight excluding hydrogens is 1660 g/mol. The largest absolute Gasteiger partial charge is 2.00 e. The predicted molar refractivity (Wildman–Crippen MR) is 381 cm³/mol. The molecule has 0 spiro atoms. The number of nitrogens with zero attached hydrogens (tertiary/aromatic N) is 30. The summed E-state index contributed by atoms with van der Waals surface area (Å²) < 4.78 is 0. The van der Waals surface area contributed by atoms with Gasteiger partial charge in [-0.1, -0.05) is 12.1 Å². The number of pyridine rings is 10. The van der Waals surface area contributed by atoms with Crippen molar-refractivity contribution in [1.82, 2.24) is 130 Å². The Labute approximate surface area is 656 Å². The summed E-state index contributed by atoms with van der Waals surface area (Å²) in [4.78, 5) is 120. The number of hydrogen-bond donors (Lipinski definition) is 0. The van der Waals surface area contributed by atoms with Gasteiger partial charge in [0.15, 0.2) is 5.69 Å². The third kappa shape index (κ3) is 14.6. The van der Waals surface area contributed by atoms with Crippen molar-refractivity contribution in [1.29, 1.82) is 21.0 Å². The quantitative estimate of drug-likeness (QED) is 0.127. The van der Waals surface area contributed by atoms with Gasteiger partial charge in [0.25, 0.3) is 0 Å². The molecule has 16 bridgehead atoms. The van der Waals surface area contributed by atoms with Crippen molar-refractivity contribution in [2.24, 2.45) is 0 Å². The van der Waals surface area contributed by atoms with E-state index < -0.39 is 0 Å². The van der Waals surface area contributed by atoms with Gasteiger partial charge < -0.3 is 59.8 Å². The van der Waals surface area contributed by atoms with E-state index in [2.05, 4.69) is 90.2 Å². The van der Waals surface area contributed by atoms with E-state index in [0.29, 0.717) is 131 Å². The van der Waals surface area contributed by atoms with Crippen LogP contribution in [0, 0.1) is 45.3 Å². The molecule has 0 atom stereocenters. The van der Waals surface area contributed by atoms with Gasteiger partial charge in [-0.25, -0.2) is 24.9 Å². The molecule has 0 unspecified atom stereocenters. The monoisotopic (exact) mass is 1680 g/mol. The standard InChI is InChI=1S/2C28H12N12.2C7H3N3.4ClH.4Cu/c1-5-29-9-17-13(1)21-33-25(17)38-22-15-3-7-31-11-19(15)27(35-22)40-24-16-4-8-32-12-20(16)28(36-24)39-23-14-2-6-30-10-18(14)26(34-23)37-21;1-5-13-17(29-9-1)25-33-21(13)37-26-18-14(6-2-10-30-18)23(34-26)39-28-20-16(8-4-12-32-20)24(36-28)40-27-19-15(7-3-11-31-19)22(35-27)38-25;8-3-6-1-2-10-5-7(6)4-9;8-4-6-2-1-3-10-7(6)5-9;;;;;;;;/h2*1-12H;1-2,5H;1-3H;4*1H;;;;/q2*-2;;;;;;;4*+2/p-4. The van der Waals surface area contributed by atoms with E-state index in [0.717, 1.165) is 92.0 Å². The molecule has 532 valence electrons. The first-order valence-electron chi connectivity index (χ1n) is 30.3. The van der Waals surface area contributed by atoms with Gasteiger partial charge in [0.05, 0.1) is 62.7 Å². The summed E-state index contributed by atoms with van der Waals surface area (Å²) in [5.41, 5.74) is 11.5. The molecule has 2 radical (unpaired) electrons. The van der Waals surface area contributed by atoms with E-state index >= 15 is 0 Å². The first-order chi connectivity index (χ1) is 52.2. The zero-order chi connectivity index (χ0) is 72.6. The van der Waals surface area contributed by atoms with Crippen molar-refractivity contribution in [3.05, 3.63) is 206 Å². The maximum Gasteiger partial charge on any atom is 2.00 e. The van der Waals surface area contributed by atoms with Crippen molar-refractivity contribution in [2.75, 3.05) is 0 Å². The van der Waals surface area contributed by atoms with E-state index in [9.17, 15) is 0 Å². The summed E-state index contributed by atoms with van der Waals surface area (Å²) in [6.45, 7) is 0. The molecule has 0 saturated carbocycles. The maximum atomic E-state index is 8.42. The SMILES string of the molecule is N#Cc1cccnc1C#N.N#Cc1ccncc1C#N.[Cl][Cu][Cl].[Cl][Cu][Cl].[Cu+2].[Cu+2].c1cc2c(cn1)-c1nc-2nc2[n-]c(nc3nc(nc4[n-]c(n1)c1ccncc41)-c1ccncc1-3)c1ccncc21.c1cnc2c(c1)-c1nc-2nc2[n-]c(nc3nc(nc4[n-]c(n1)c1ncccc41)-c1ncccc1-3)c1ncccc21. The molecule has 0 aliphatic carbocycles. The average molecular weight is 1690 g/mol. The third-order valence-electron chi connectivity index (χ3n) is 15.7. The van der Waals surface area contributed by atoms with Gasteiger partial charge >= 0.3 is 101 Å². The van der Waals surface area contributed by atoms with E-state index in [1.807, 2.05) is 97.1 Å². The van der Waals surface area contributed by atoms with Crippen molar-refractivity contribution in [3.63, 3.8) is 0 Å². The Bertz CT molecular complexity index is 5650. The summed E-state index contributed by atoms with van der Waals surface area (Å²) in [7, 11) is 18.7. The zero-order valence-electron chi connectivity index (χ0n) is 53.5. The van der Waals surface area contributed by atoms with Crippen LogP contribution in [-0.2, 0) is 60.4 Å². The van der Waals surface area contributed by atoms with Gasteiger partial charge in [0.2, 0.25) is 0 Å². The van der Waals surface area contributed by atoms with Crippen LogP contribution in [0.25, 0.3) is 180 Å². The smallest absolute Gasteiger partial charge is 0.357 e. The second-order valence-electron chi connectivity index (χ2n) is 21.6. The number of aromatic nitrogens is 26. The summed E-state index contributed by atoms with van der Waals surface area (Å²) in [6, 6.07) is 34.5. The molecule has 4 aliphatic heterocycles. The first kappa shape index (κ1) is 73.7. The summed E-state index contributed by atoms with van der Waals surface area (Å²) in [5, 5.41) is 38.1. The number of halogens is 4. The van der Waals surface area contributed by atoms with Crippen LogP contribution in [0.1, 0.15) is 22.4 Å². The molecule has 16 aromatic rings. The number of hydrogen-bond acceptors (Lipinski definition) is 26. The van der Waals surface area contributed by atoms with Gasteiger partial charge in [-0.3, -0.25) is 44.9 Å². The summed E-state index contributed by atoms with van der Waals surface area (Å²) >= 11 is 1.51. The van der Waals surface area contributed by atoms with Crippen LogP contribution in [0.4, 0.5) is 0 Å². The minimum Gasteiger partial charge on any atom is -0.357 e. The van der Waals surface area contributed by atoms with Crippen LogP contribution in [0.5, 0.6) is 0 Å². The van der Waals surface area contributed by atoms with Crippen LogP contribution in [-0.4, -0.2) is 110 Å². The molecule has 30 nitrogen and oxygen atoms in total. The molecule has 0 N–H and O–H groups in total. The summed E-state index contributed by atoms with van der Waals surface area (Å²) in [5.74, 6) is 3.42. The number of rotatable bonds is 0. The van der Waals surface area contributed by atoms with Crippen LogP contribution < -0.4 is 19.9 Å². The van der Waals surface area contributed by atoms with E-state index in [1.54, 1.807) is 86.5 Å². The maximum absolute atomic E-state index is 8.42. The first-order valence-corrected chi connectivity index (χ1v) is 35.5. The Morgan fingerprint density at radius 2 is 0.611 bits per heavy atom. The molecule has 20 heterocycles. The Hall–Kier alpha value is -12.6. The molecule has 16 aromatic heterocycles. The topological polar surface area (TPSA) is 435 Å². The molecule has 0 aromatic carbocycles. The fourth-order valence-corrected chi connectivity index (χ4v) is 11.2. The third-order valence-corrected chi connectivity index (χ3v) is 15.7. The predicted octanol–water partition coefficient (Wildman–Crippen LogP) is 11.8. The minimum absolute atomic E-state index is 0.